The van der Waals surface area contributed by atoms with Gasteiger partial charge in [0, 0.05) is 18.3 Å². The molecule has 0 aliphatic rings. The number of aromatic nitrogens is 5. The van der Waals surface area contributed by atoms with Gasteiger partial charge in [0.25, 0.3) is 5.56 Å². The van der Waals surface area contributed by atoms with Gasteiger partial charge in [-0.05, 0) is 12.1 Å². The summed E-state index contributed by atoms with van der Waals surface area (Å²) in [6.45, 7) is -0.0742. The third-order valence-corrected chi connectivity index (χ3v) is 3.08. The summed E-state index contributed by atoms with van der Waals surface area (Å²) in [6, 6.07) is 4.36. The van der Waals surface area contributed by atoms with Gasteiger partial charge in [0.1, 0.15) is 11.2 Å². The largest absolute Gasteiger partial charge is 0.398 e. The van der Waals surface area contributed by atoms with Crippen LogP contribution in [0.5, 0.6) is 0 Å². The number of nitrogens with two attached hydrogens (primary N) is 1. The predicted molar refractivity (Wildman–Crippen MR) is 70.5 cm³/mol. The summed E-state index contributed by atoms with van der Waals surface area (Å²) in [4.78, 5) is 12.2. The standard InChI is InChI=1S/C12H11FN6O/c1-18-11-7(5-15-18)12(20)19(17-16-11)6-8-9(13)3-2-4-10(8)14/h2-5H,6,14H2,1H3. The normalized spacial score (nSPS) is 11.1. The zero-order valence-corrected chi connectivity index (χ0v) is 10.6. The predicted octanol–water partition coefficient (Wildman–Crippen LogP) is 0.295. The first-order valence-electron chi connectivity index (χ1n) is 5.86. The average Bonchev–Trinajstić information content (AvgIpc) is 2.79. The van der Waals surface area contributed by atoms with Gasteiger partial charge in [-0.15, -0.1) is 5.10 Å². The van der Waals surface area contributed by atoms with Crippen molar-refractivity contribution < 1.29 is 4.39 Å². The Balaban J connectivity index is 2.12. The average molecular weight is 274 g/mol. The van der Waals surface area contributed by atoms with Gasteiger partial charge >= 0.3 is 0 Å². The molecule has 0 saturated carbocycles. The number of fused-ring (bicyclic) bond motifs is 1. The molecule has 3 rings (SSSR count). The van der Waals surface area contributed by atoms with Crippen molar-refractivity contribution in [1.29, 1.82) is 0 Å². The second-order valence-corrected chi connectivity index (χ2v) is 4.37. The van der Waals surface area contributed by atoms with E-state index in [9.17, 15) is 9.18 Å². The second kappa shape index (κ2) is 4.41. The molecule has 20 heavy (non-hydrogen) atoms. The van der Waals surface area contributed by atoms with Gasteiger partial charge in [0.2, 0.25) is 0 Å². The molecule has 0 amide bonds. The molecule has 0 radical (unpaired) electrons. The maximum absolute atomic E-state index is 13.7. The Bertz CT molecular complexity index is 833. The van der Waals surface area contributed by atoms with Gasteiger partial charge in [-0.2, -0.15) is 5.10 Å². The van der Waals surface area contributed by atoms with Crippen molar-refractivity contribution in [2.45, 2.75) is 6.54 Å². The van der Waals surface area contributed by atoms with Gasteiger partial charge in [-0.3, -0.25) is 4.79 Å². The van der Waals surface area contributed by atoms with Crippen LogP contribution in [0.15, 0.2) is 29.2 Å². The Kier molecular flexibility index (Phi) is 2.70. The molecule has 0 fully saturated rings. The van der Waals surface area contributed by atoms with Crippen molar-refractivity contribution >= 4 is 16.7 Å². The molecular formula is C12H11FN6O. The van der Waals surface area contributed by atoms with E-state index in [1.165, 1.54) is 23.0 Å². The molecule has 0 bridgehead atoms. The number of aryl methyl sites for hydroxylation is 1. The lowest BCUT2D eigenvalue weighted by atomic mass is 10.1. The lowest BCUT2D eigenvalue weighted by Gasteiger charge is -2.07. The highest BCUT2D eigenvalue weighted by atomic mass is 19.1. The number of nitrogens with zero attached hydrogens (tertiary/aromatic N) is 5. The third kappa shape index (κ3) is 1.81. The molecule has 7 nitrogen and oxygen atoms in total. The highest BCUT2D eigenvalue weighted by molar-refractivity contribution is 5.72. The summed E-state index contributed by atoms with van der Waals surface area (Å²) in [5, 5.41) is 12.0. The molecule has 0 aliphatic heterocycles. The van der Waals surface area contributed by atoms with Gasteiger partial charge in [-0.1, -0.05) is 11.3 Å². The van der Waals surface area contributed by atoms with E-state index in [-0.39, 0.29) is 23.4 Å². The van der Waals surface area contributed by atoms with Crippen LogP contribution < -0.4 is 11.3 Å². The fourth-order valence-electron chi connectivity index (χ4n) is 1.97. The summed E-state index contributed by atoms with van der Waals surface area (Å²) in [5.74, 6) is -0.481. The molecule has 0 unspecified atom stereocenters. The van der Waals surface area contributed by atoms with Crippen LogP contribution in [0.25, 0.3) is 11.0 Å². The molecule has 8 heteroatoms. The second-order valence-electron chi connectivity index (χ2n) is 4.37. The van der Waals surface area contributed by atoms with Crippen LogP contribution >= 0.6 is 0 Å². The molecule has 0 atom stereocenters. The van der Waals surface area contributed by atoms with E-state index < -0.39 is 5.82 Å². The summed E-state index contributed by atoms with van der Waals surface area (Å²) in [6.07, 6.45) is 1.41. The fraction of sp³-hybridized carbons (Fsp3) is 0.167. The zero-order chi connectivity index (χ0) is 14.3. The maximum atomic E-state index is 13.7. The lowest BCUT2D eigenvalue weighted by Crippen LogP contribution is -2.25. The van der Waals surface area contributed by atoms with Gasteiger partial charge in [0.05, 0.1) is 12.7 Å². The zero-order valence-electron chi connectivity index (χ0n) is 10.6. The Morgan fingerprint density at radius 1 is 1.40 bits per heavy atom. The Labute approximate surface area is 112 Å². The van der Waals surface area contributed by atoms with E-state index >= 15 is 0 Å². The maximum Gasteiger partial charge on any atom is 0.281 e. The summed E-state index contributed by atoms with van der Waals surface area (Å²) in [7, 11) is 1.66. The minimum absolute atomic E-state index is 0.0742. The molecular weight excluding hydrogens is 263 g/mol. The van der Waals surface area contributed by atoms with E-state index in [4.69, 9.17) is 5.73 Å². The third-order valence-electron chi connectivity index (χ3n) is 3.08. The minimum Gasteiger partial charge on any atom is -0.398 e. The molecule has 102 valence electrons. The molecule has 2 heterocycles. The van der Waals surface area contributed by atoms with Crippen molar-refractivity contribution in [3.05, 3.63) is 46.1 Å². The SMILES string of the molecule is Cn1ncc2c(=O)n(Cc3c(N)cccc3F)nnc21. The van der Waals surface area contributed by atoms with E-state index in [0.29, 0.717) is 11.0 Å². The summed E-state index contributed by atoms with van der Waals surface area (Å²) < 4.78 is 16.2. The highest BCUT2D eigenvalue weighted by Gasteiger charge is 2.13. The van der Waals surface area contributed by atoms with Gasteiger partial charge in [0.15, 0.2) is 5.65 Å². The molecule has 2 aromatic heterocycles. The van der Waals surface area contributed by atoms with Crippen molar-refractivity contribution in [3.8, 4) is 0 Å². The number of rotatable bonds is 2. The molecule has 1 aromatic carbocycles. The minimum atomic E-state index is -0.481. The quantitative estimate of drug-likeness (QED) is 0.678. The van der Waals surface area contributed by atoms with E-state index in [1.807, 2.05) is 0 Å². The van der Waals surface area contributed by atoms with Crippen LogP contribution in [0.1, 0.15) is 5.56 Å². The van der Waals surface area contributed by atoms with Gasteiger partial charge < -0.3 is 5.73 Å². The van der Waals surface area contributed by atoms with Crippen molar-refractivity contribution in [2.24, 2.45) is 7.05 Å². The lowest BCUT2D eigenvalue weighted by molar-refractivity contribution is 0.556. The highest BCUT2D eigenvalue weighted by Crippen LogP contribution is 2.16. The first kappa shape index (κ1) is 12.3. The Hall–Kier alpha value is -2.77. The number of hydrogen-bond donors (Lipinski definition) is 1. The van der Waals surface area contributed by atoms with Crippen molar-refractivity contribution in [2.75, 3.05) is 5.73 Å². The summed E-state index contributed by atoms with van der Waals surface area (Å²) >= 11 is 0. The van der Waals surface area contributed by atoms with Crippen LogP contribution in [0, 0.1) is 5.82 Å². The topological polar surface area (TPSA) is 91.6 Å². The molecule has 0 aliphatic carbocycles. The van der Waals surface area contributed by atoms with E-state index in [0.717, 1.165) is 4.68 Å². The number of benzene rings is 1. The van der Waals surface area contributed by atoms with Crippen LogP contribution in [-0.4, -0.2) is 24.8 Å². The van der Waals surface area contributed by atoms with Crippen LogP contribution in [-0.2, 0) is 13.6 Å². The molecule has 0 saturated heterocycles. The Morgan fingerprint density at radius 2 is 2.20 bits per heavy atom. The fourth-order valence-corrected chi connectivity index (χ4v) is 1.97. The van der Waals surface area contributed by atoms with E-state index in [2.05, 4.69) is 15.4 Å². The molecule has 2 N–H and O–H groups in total. The monoisotopic (exact) mass is 274 g/mol. The smallest absolute Gasteiger partial charge is 0.281 e. The Morgan fingerprint density at radius 3 is 2.95 bits per heavy atom. The van der Waals surface area contributed by atoms with E-state index in [1.54, 1.807) is 13.1 Å². The number of nitrogen functional groups attached to an aromatic ring is 1. The van der Waals surface area contributed by atoms with Crippen LogP contribution in [0.4, 0.5) is 10.1 Å². The number of halogens is 1. The number of anilines is 1. The van der Waals surface area contributed by atoms with Crippen molar-refractivity contribution in [1.82, 2.24) is 24.8 Å². The summed E-state index contributed by atoms with van der Waals surface area (Å²) in [5.41, 5.74) is 6.20. The number of hydrogen-bond acceptors (Lipinski definition) is 5. The van der Waals surface area contributed by atoms with Crippen LogP contribution in [0.3, 0.4) is 0 Å². The first-order valence-corrected chi connectivity index (χ1v) is 5.86. The van der Waals surface area contributed by atoms with Crippen LogP contribution in [0.2, 0.25) is 0 Å². The first-order chi connectivity index (χ1) is 9.58. The van der Waals surface area contributed by atoms with Gasteiger partial charge in [-0.25, -0.2) is 13.8 Å². The van der Waals surface area contributed by atoms with Crippen molar-refractivity contribution in [3.63, 3.8) is 0 Å². The molecule has 3 aromatic rings. The molecule has 0 spiro atoms.